The molecule has 0 radical (unpaired) electrons. The predicted octanol–water partition coefficient (Wildman–Crippen LogP) is 4.96. The molecule has 2 rings (SSSR count). The highest BCUT2D eigenvalue weighted by Gasteiger charge is 2.10. The van der Waals surface area contributed by atoms with Gasteiger partial charge in [0.2, 0.25) is 0 Å². The molecule has 9 heteroatoms. The van der Waals surface area contributed by atoms with Gasteiger partial charge in [-0.1, -0.05) is 0 Å². The average Bonchev–Trinajstić information content (AvgIpc) is 2.51. The van der Waals surface area contributed by atoms with E-state index >= 15 is 0 Å². The Morgan fingerprint density at radius 3 is 2.36 bits per heavy atom. The highest BCUT2D eigenvalue weighted by Crippen LogP contribution is 2.34. The van der Waals surface area contributed by atoms with E-state index in [4.69, 9.17) is 4.74 Å². The SMILES string of the molecule is Cc1cc(Br)c(OCC(=O)NN=Cc2cc(I)c(O)c(I)c2)c(Br)c1. The van der Waals surface area contributed by atoms with Gasteiger partial charge in [-0.05, 0) is 119 Å². The quantitative estimate of drug-likeness (QED) is 0.264. The maximum Gasteiger partial charge on any atom is 0.277 e. The molecule has 25 heavy (non-hydrogen) atoms. The molecule has 0 fully saturated rings. The molecule has 0 atom stereocenters. The zero-order valence-electron chi connectivity index (χ0n) is 12.8. The van der Waals surface area contributed by atoms with Crippen LogP contribution in [0.5, 0.6) is 11.5 Å². The number of carbonyl (C=O) groups excluding carboxylic acids is 1. The molecule has 0 aliphatic rings. The van der Waals surface area contributed by atoms with E-state index in [9.17, 15) is 9.90 Å². The maximum atomic E-state index is 11.9. The van der Waals surface area contributed by atoms with Crippen molar-refractivity contribution in [1.82, 2.24) is 5.43 Å². The van der Waals surface area contributed by atoms with Gasteiger partial charge in [-0.15, -0.1) is 0 Å². The van der Waals surface area contributed by atoms with Crippen molar-refractivity contribution in [3.63, 3.8) is 0 Å². The van der Waals surface area contributed by atoms with Crippen molar-refractivity contribution in [3.05, 3.63) is 51.5 Å². The smallest absolute Gasteiger partial charge is 0.277 e. The minimum Gasteiger partial charge on any atom is -0.506 e. The first-order chi connectivity index (χ1) is 11.8. The van der Waals surface area contributed by atoms with Crippen LogP contribution in [-0.4, -0.2) is 23.8 Å². The van der Waals surface area contributed by atoms with Crippen molar-refractivity contribution in [1.29, 1.82) is 0 Å². The Balaban J connectivity index is 1.93. The lowest BCUT2D eigenvalue weighted by Crippen LogP contribution is -2.24. The molecule has 0 heterocycles. The first-order valence-electron chi connectivity index (χ1n) is 6.86. The zero-order chi connectivity index (χ0) is 18.6. The Labute approximate surface area is 189 Å². The summed E-state index contributed by atoms with van der Waals surface area (Å²) in [7, 11) is 0. The number of nitrogens with one attached hydrogen (secondary N) is 1. The highest BCUT2D eigenvalue weighted by molar-refractivity contribution is 14.1. The molecule has 5 nitrogen and oxygen atoms in total. The standard InChI is InChI=1S/C16H12Br2I2N2O3/c1-8-2-10(17)16(11(18)3-8)25-7-14(23)22-21-6-9-4-12(19)15(24)13(20)5-9/h2-6,24H,7H2,1H3,(H,22,23). The van der Waals surface area contributed by atoms with E-state index in [2.05, 4.69) is 42.4 Å². The third kappa shape index (κ3) is 6.07. The van der Waals surface area contributed by atoms with Crippen molar-refractivity contribution >= 4 is 89.2 Å². The molecule has 0 saturated carbocycles. The first kappa shape index (κ1) is 20.9. The monoisotopic (exact) mass is 692 g/mol. The molecule has 2 aromatic carbocycles. The Kier molecular flexibility index (Phi) is 7.95. The third-order valence-electron chi connectivity index (χ3n) is 2.93. The van der Waals surface area contributed by atoms with Crippen LogP contribution < -0.4 is 10.2 Å². The lowest BCUT2D eigenvalue weighted by molar-refractivity contribution is -0.123. The second kappa shape index (κ2) is 9.51. The fraction of sp³-hybridized carbons (Fsp3) is 0.125. The van der Waals surface area contributed by atoms with Crippen LogP contribution in [-0.2, 0) is 4.79 Å². The molecule has 0 spiro atoms. The number of nitrogens with zero attached hydrogens (tertiary/aromatic N) is 1. The molecule has 132 valence electrons. The van der Waals surface area contributed by atoms with Gasteiger partial charge < -0.3 is 9.84 Å². The third-order valence-corrected chi connectivity index (χ3v) is 5.76. The van der Waals surface area contributed by atoms with Gasteiger partial charge in [0.25, 0.3) is 5.91 Å². The van der Waals surface area contributed by atoms with Crippen LogP contribution >= 0.6 is 77.0 Å². The van der Waals surface area contributed by atoms with Crippen LogP contribution in [0.4, 0.5) is 0 Å². The van der Waals surface area contributed by atoms with Crippen LogP contribution in [0.2, 0.25) is 0 Å². The number of carbonyl (C=O) groups is 1. The normalized spacial score (nSPS) is 10.9. The van der Waals surface area contributed by atoms with E-state index in [0.717, 1.165) is 27.2 Å². The van der Waals surface area contributed by atoms with Crippen LogP contribution in [0.25, 0.3) is 0 Å². The summed E-state index contributed by atoms with van der Waals surface area (Å²) in [4.78, 5) is 11.9. The van der Waals surface area contributed by atoms with E-state index in [-0.39, 0.29) is 18.3 Å². The number of hydrogen-bond donors (Lipinski definition) is 2. The Bertz CT molecular complexity index is 798. The number of hydrazone groups is 1. The molecule has 0 aliphatic heterocycles. The van der Waals surface area contributed by atoms with E-state index in [1.54, 1.807) is 12.1 Å². The van der Waals surface area contributed by atoms with Gasteiger partial charge in [-0.2, -0.15) is 5.10 Å². The summed E-state index contributed by atoms with van der Waals surface area (Å²) in [6, 6.07) is 7.35. The Hall–Kier alpha value is -0.400. The lowest BCUT2D eigenvalue weighted by Gasteiger charge is -2.10. The van der Waals surface area contributed by atoms with Crippen LogP contribution in [0.1, 0.15) is 11.1 Å². The number of phenols is 1. The number of amides is 1. The fourth-order valence-electron chi connectivity index (χ4n) is 1.83. The fourth-order valence-corrected chi connectivity index (χ4v) is 5.29. The van der Waals surface area contributed by atoms with E-state index in [1.165, 1.54) is 6.21 Å². The van der Waals surface area contributed by atoms with Crippen LogP contribution in [0, 0.1) is 14.1 Å². The summed E-state index contributed by atoms with van der Waals surface area (Å²) in [6.45, 7) is 1.80. The van der Waals surface area contributed by atoms with Crippen molar-refractivity contribution in [3.8, 4) is 11.5 Å². The molecule has 2 aromatic rings. The molecule has 0 unspecified atom stereocenters. The lowest BCUT2D eigenvalue weighted by atomic mass is 10.2. The number of aromatic hydroxyl groups is 1. The number of phenolic OH excluding ortho intramolecular Hbond substituents is 1. The van der Waals surface area contributed by atoms with Gasteiger partial charge in [0, 0.05) is 0 Å². The Morgan fingerprint density at radius 1 is 1.24 bits per heavy atom. The van der Waals surface area contributed by atoms with Crippen LogP contribution in [0.3, 0.4) is 0 Å². The topological polar surface area (TPSA) is 70.9 Å². The molecule has 0 saturated heterocycles. The summed E-state index contributed by atoms with van der Waals surface area (Å²) in [5, 5.41) is 13.6. The van der Waals surface area contributed by atoms with Gasteiger partial charge >= 0.3 is 0 Å². The minimum absolute atomic E-state index is 0.164. The molecule has 0 bridgehead atoms. The average molecular weight is 694 g/mol. The molecular weight excluding hydrogens is 682 g/mol. The van der Waals surface area contributed by atoms with Crippen molar-refractivity contribution in [2.75, 3.05) is 6.61 Å². The minimum atomic E-state index is -0.376. The number of benzene rings is 2. The van der Waals surface area contributed by atoms with Gasteiger partial charge in [-0.25, -0.2) is 5.43 Å². The second-order valence-corrected chi connectivity index (χ2v) is 9.01. The number of hydrogen-bond acceptors (Lipinski definition) is 4. The van der Waals surface area contributed by atoms with E-state index in [0.29, 0.717) is 5.75 Å². The van der Waals surface area contributed by atoms with Gasteiger partial charge in [-0.3, -0.25) is 4.79 Å². The number of halogens is 4. The number of rotatable bonds is 5. The molecule has 1 amide bonds. The number of aryl methyl sites for hydroxylation is 1. The van der Waals surface area contributed by atoms with Gasteiger partial charge in [0.05, 0.1) is 22.3 Å². The maximum absolute atomic E-state index is 11.9. The summed E-state index contributed by atoms with van der Waals surface area (Å²) in [5.41, 5.74) is 4.26. The van der Waals surface area contributed by atoms with Crippen LogP contribution in [0.15, 0.2) is 38.3 Å². The molecule has 2 N–H and O–H groups in total. The molecule has 0 aliphatic carbocycles. The van der Waals surface area contributed by atoms with Gasteiger partial charge in [0.1, 0.15) is 11.5 Å². The van der Waals surface area contributed by atoms with E-state index < -0.39 is 0 Å². The zero-order valence-corrected chi connectivity index (χ0v) is 20.3. The summed E-state index contributed by atoms with van der Waals surface area (Å²) in [5.74, 6) is 0.427. The first-order valence-corrected chi connectivity index (χ1v) is 10.6. The second-order valence-electron chi connectivity index (χ2n) is 4.97. The Morgan fingerprint density at radius 2 is 1.80 bits per heavy atom. The summed E-state index contributed by atoms with van der Waals surface area (Å²) < 4.78 is 8.50. The van der Waals surface area contributed by atoms with Gasteiger partial charge in [0.15, 0.2) is 6.61 Å². The predicted molar refractivity (Wildman–Crippen MR) is 121 cm³/mol. The summed E-state index contributed by atoms with van der Waals surface area (Å²) >= 11 is 10.9. The summed E-state index contributed by atoms with van der Waals surface area (Å²) in [6.07, 6.45) is 1.51. The number of ether oxygens (including phenoxy) is 1. The largest absolute Gasteiger partial charge is 0.506 e. The van der Waals surface area contributed by atoms with Crippen molar-refractivity contribution < 1.29 is 14.6 Å². The van der Waals surface area contributed by atoms with Crippen molar-refractivity contribution in [2.45, 2.75) is 6.92 Å². The highest BCUT2D eigenvalue weighted by atomic mass is 127. The van der Waals surface area contributed by atoms with E-state index in [1.807, 2.05) is 64.2 Å². The van der Waals surface area contributed by atoms with Crippen molar-refractivity contribution in [2.24, 2.45) is 5.10 Å². The molecular formula is C16H12Br2I2N2O3. The molecule has 0 aromatic heterocycles.